The Morgan fingerprint density at radius 2 is 2.00 bits per heavy atom. The van der Waals surface area contributed by atoms with Gasteiger partial charge in [0.1, 0.15) is 5.75 Å². The van der Waals surface area contributed by atoms with Gasteiger partial charge in [0.2, 0.25) is 5.79 Å². The summed E-state index contributed by atoms with van der Waals surface area (Å²) < 4.78 is 11.6. The van der Waals surface area contributed by atoms with E-state index in [1.54, 1.807) is 6.07 Å². The van der Waals surface area contributed by atoms with Gasteiger partial charge in [0.15, 0.2) is 11.5 Å². The Hall–Kier alpha value is -1.42. The number of benzene rings is 1. The van der Waals surface area contributed by atoms with E-state index in [9.17, 15) is 10.2 Å². The summed E-state index contributed by atoms with van der Waals surface area (Å²) in [5, 5.41) is 19.0. The molecule has 0 bridgehead atoms. The predicted octanol–water partition coefficient (Wildman–Crippen LogP) is 2.03. The third-order valence-corrected chi connectivity index (χ3v) is 3.90. The number of hydrogen-bond acceptors (Lipinski definition) is 4. The maximum atomic E-state index is 9.51. The molecule has 1 fully saturated rings. The van der Waals surface area contributed by atoms with Crippen LogP contribution >= 0.6 is 0 Å². The average molecular weight is 236 g/mol. The molecule has 0 saturated carbocycles. The van der Waals surface area contributed by atoms with Crippen LogP contribution < -0.4 is 4.74 Å². The van der Waals surface area contributed by atoms with Crippen LogP contribution in [0.15, 0.2) is 12.1 Å². The van der Waals surface area contributed by atoms with Gasteiger partial charge in [-0.05, 0) is 24.0 Å². The van der Waals surface area contributed by atoms with Crippen LogP contribution in [0.4, 0.5) is 0 Å². The van der Waals surface area contributed by atoms with Crippen molar-refractivity contribution in [2.45, 2.75) is 26.1 Å². The van der Waals surface area contributed by atoms with Crippen LogP contribution in [-0.4, -0.2) is 22.6 Å². The van der Waals surface area contributed by atoms with Crippen LogP contribution in [0.1, 0.15) is 19.4 Å². The number of hydrogen-bond donors (Lipinski definition) is 2. The SMILES string of the molecule is C[C@H]1CO[C@]2(C)Oc3cc(O)c(O)cc3C[C@H]12. The van der Waals surface area contributed by atoms with Gasteiger partial charge in [0, 0.05) is 18.9 Å². The summed E-state index contributed by atoms with van der Waals surface area (Å²) in [5.41, 5.74) is 0.931. The minimum Gasteiger partial charge on any atom is -0.504 e. The fourth-order valence-corrected chi connectivity index (χ4v) is 2.84. The molecule has 1 saturated heterocycles. The molecule has 1 aromatic carbocycles. The molecule has 0 spiro atoms. The van der Waals surface area contributed by atoms with Crippen molar-refractivity contribution in [1.82, 2.24) is 0 Å². The molecule has 4 nitrogen and oxygen atoms in total. The van der Waals surface area contributed by atoms with E-state index in [2.05, 4.69) is 6.92 Å². The second-order valence-electron chi connectivity index (χ2n) is 5.17. The molecule has 0 amide bonds. The summed E-state index contributed by atoms with van der Waals surface area (Å²) in [6, 6.07) is 3.04. The standard InChI is InChI=1S/C13H16O4/c1-7-6-16-13(2)9(7)3-8-4-10(14)11(15)5-12(8)17-13/h4-5,7,9,14-15H,3,6H2,1-2H3/t7-,9+,13+/m0/s1. The molecular weight excluding hydrogens is 220 g/mol. The Morgan fingerprint density at radius 3 is 2.76 bits per heavy atom. The van der Waals surface area contributed by atoms with Crippen LogP contribution in [0.5, 0.6) is 17.2 Å². The van der Waals surface area contributed by atoms with Crippen LogP contribution in [0.2, 0.25) is 0 Å². The van der Waals surface area contributed by atoms with E-state index in [0.717, 1.165) is 12.0 Å². The van der Waals surface area contributed by atoms with Crippen molar-refractivity contribution >= 4 is 0 Å². The fraction of sp³-hybridized carbons (Fsp3) is 0.538. The van der Waals surface area contributed by atoms with E-state index in [-0.39, 0.29) is 11.5 Å². The highest BCUT2D eigenvalue weighted by atomic mass is 16.7. The lowest BCUT2D eigenvalue weighted by Gasteiger charge is -2.37. The van der Waals surface area contributed by atoms with E-state index in [1.165, 1.54) is 6.07 Å². The van der Waals surface area contributed by atoms with E-state index in [1.807, 2.05) is 6.92 Å². The lowest BCUT2D eigenvalue weighted by Crippen LogP contribution is -2.43. The van der Waals surface area contributed by atoms with Crippen molar-refractivity contribution in [2.75, 3.05) is 6.61 Å². The maximum Gasteiger partial charge on any atom is 0.211 e. The van der Waals surface area contributed by atoms with Gasteiger partial charge in [-0.3, -0.25) is 0 Å². The van der Waals surface area contributed by atoms with Gasteiger partial charge in [-0.2, -0.15) is 0 Å². The highest BCUT2D eigenvalue weighted by Gasteiger charge is 2.49. The predicted molar refractivity (Wildman–Crippen MR) is 61.1 cm³/mol. The van der Waals surface area contributed by atoms with Crippen molar-refractivity contribution in [3.05, 3.63) is 17.7 Å². The number of aromatic hydroxyl groups is 2. The van der Waals surface area contributed by atoms with Gasteiger partial charge < -0.3 is 19.7 Å². The molecular formula is C13H16O4. The Labute approximate surface area is 99.8 Å². The van der Waals surface area contributed by atoms with Gasteiger partial charge in [-0.1, -0.05) is 6.92 Å². The fourth-order valence-electron chi connectivity index (χ4n) is 2.84. The first-order valence-corrected chi connectivity index (χ1v) is 5.87. The van der Waals surface area contributed by atoms with Gasteiger partial charge >= 0.3 is 0 Å². The molecule has 2 heterocycles. The zero-order chi connectivity index (χ0) is 12.2. The molecule has 2 aliphatic rings. The molecule has 3 atom stereocenters. The summed E-state index contributed by atoms with van der Waals surface area (Å²) in [5.74, 6) is 0.478. The van der Waals surface area contributed by atoms with Crippen LogP contribution in [-0.2, 0) is 11.2 Å². The third kappa shape index (κ3) is 1.47. The third-order valence-electron chi connectivity index (χ3n) is 3.90. The number of phenolic OH excluding ortho intramolecular Hbond substituents is 2. The average Bonchev–Trinajstić information content (AvgIpc) is 2.55. The first-order valence-electron chi connectivity index (χ1n) is 5.87. The summed E-state index contributed by atoms with van der Waals surface area (Å²) in [6.07, 6.45) is 0.806. The zero-order valence-corrected chi connectivity index (χ0v) is 9.93. The van der Waals surface area contributed by atoms with E-state index in [0.29, 0.717) is 24.2 Å². The number of phenols is 2. The second kappa shape index (κ2) is 3.29. The molecule has 2 aliphatic heterocycles. The minimum absolute atomic E-state index is 0.0949. The molecule has 2 N–H and O–H groups in total. The molecule has 0 aliphatic carbocycles. The highest BCUT2D eigenvalue weighted by molar-refractivity contribution is 5.50. The lowest BCUT2D eigenvalue weighted by molar-refractivity contribution is -0.166. The van der Waals surface area contributed by atoms with Crippen molar-refractivity contribution < 1.29 is 19.7 Å². The largest absolute Gasteiger partial charge is 0.504 e. The highest BCUT2D eigenvalue weighted by Crippen LogP contribution is 2.47. The second-order valence-corrected chi connectivity index (χ2v) is 5.17. The zero-order valence-electron chi connectivity index (χ0n) is 9.93. The Bertz CT molecular complexity index is 471. The van der Waals surface area contributed by atoms with E-state index >= 15 is 0 Å². The molecule has 3 rings (SSSR count). The summed E-state index contributed by atoms with van der Waals surface area (Å²) >= 11 is 0. The first kappa shape index (κ1) is 10.7. The Balaban J connectivity index is 2.04. The van der Waals surface area contributed by atoms with Crippen molar-refractivity contribution in [3.63, 3.8) is 0 Å². The van der Waals surface area contributed by atoms with Crippen molar-refractivity contribution in [3.8, 4) is 17.2 Å². The van der Waals surface area contributed by atoms with Crippen molar-refractivity contribution in [2.24, 2.45) is 11.8 Å². The summed E-state index contributed by atoms with van der Waals surface area (Å²) in [6.45, 7) is 4.77. The lowest BCUT2D eigenvalue weighted by atomic mass is 9.82. The maximum absolute atomic E-state index is 9.51. The van der Waals surface area contributed by atoms with Crippen molar-refractivity contribution in [1.29, 1.82) is 0 Å². The molecule has 0 unspecified atom stereocenters. The monoisotopic (exact) mass is 236 g/mol. The number of ether oxygens (including phenoxy) is 2. The van der Waals surface area contributed by atoms with Crippen LogP contribution in [0.3, 0.4) is 0 Å². The molecule has 0 aromatic heterocycles. The smallest absolute Gasteiger partial charge is 0.211 e. The van der Waals surface area contributed by atoms with Gasteiger partial charge in [-0.25, -0.2) is 0 Å². The first-order chi connectivity index (χ1) is 7.99. The summed E-state index contributed by atoms with van der Waals surface area (Å²) in [7, 11) is 0. The molecule has 92 valence electrons. The topological polar surface area (TPSA) is 58.9 Å². The van der Waals surface area contributed by atoms with Gasteiger partial charge in [0.05, 0.1) is 6.61 Å². The number of rotatable bonds is 0. The molecule has 0 radical (unpaired) electrons. The van der Waals surface area contributed by atoms with Gasteiger partial charge in [-0.15, -0.1) is 0 Å². The molecule has 1 aromatic rings. The minimum atomic E-state index is -0.601. The Kier molecular flexibility index (Phi) is 2.08. The normalized spacial score (nSPS) is 34.9. The number of fused-ring (bicyclic) bond motifs is 2. The summed E-state index contributed by atoms with van der Waals surface area (Å²) in [4.78, 5) is 0. The van der Waals surface area contributed by atoms with Gasteiger partial charge in [0.25, 0.3) is 0 Å². The van der Waals surface area contributed by atoms with E-state index in [4.69, 9.17) is 9.47 Å². The quantitative estimate of drug-likeness (QED) is 0.677. The molecule has 4 heteroatoms. The van der Waals surface area contributed by atoms with Crippen LogP contribution in [0.25, 0.3) is 0 Å². The Morgan fingerprint density at radius 1 is 1.29 bits per heavy atom. The van der Waals surface area contributed by atoms with Crippen LogP contribution in [0, 0.1) is 11.8 Å². The molecule has 17 heavy (non-hydrogen) atoms. The van der Waals surface area contributed by atoms with E-state index < -0.39 is 5.79 Å².